The summed E-state index contributed by atoms with van der Waals surface area (Å²) in [7, 11) is 1.41. The molecule has 3 atom stereocenters. The second-order valence-corrected chi connectivity index (χ2v) is 23.9. The Bertz CT molecular complexity index is 1370. The van der Waals surface area contributed by atoms with Gasteiger partial charge in [-0.25, -0.2) is 0 Å². The number of rotatable bonds is 42. The summed E-state index contributed by atoms with van der Waals surface area (Å²) in [6.07, 6.45) is 41.0. The van der Waals surface area contributed by atoms with Crippen LogP contribution in [-0.2, 0) is 38.1 Å². The highest BCUT2D eigenvalue weighted by atomic mass is 16.6. The van der Waals surface area contributed by atoms with Crippen LogP contribution in [0.4, 0.5) is 0 Å². The molecule has 398 valence electrons. The van der Waals surface area contributed by atoms with Crippen LogP contribution in [0, 0.1) is 45.8 Å². The molecule has 0 aromatic carbocycles. The SMILES string of the molecule is CCCCCCCCCCCCCCCCCCOC(=O)C(CC)CC(C)(CCC(C)(CCC(C)(C)C(=O)OC)C(=O)OC1C2CC3CC(C2)CC1C3)C(=O)OCCCCCCCCCCCC.[HH]. The maximum Gasteiger partial charge on any atom is 0.312 e. The van der Waals surface area contributed by atoms with E-state index in [1.807, 2.05) is 34.6 Å². The zero-order valence-corrected chi connectivity index (χ0v) is 45.8. The zero-order chi connectivity index (χ0) is 49.7. The van der Waals surface area contributed by atoms with E-state index in [9.17, 15) is 19.2 Å². The van der Waals surface area contributed by atoms with Gasteiger partial charge in [-0.1, -0.05) is 175 Å². The number of carbonyl (C=O) groups is 4. The molecule has 0 radical (unpaired) electrons. The molecule has 0 spiro atoms. The number of hydrogen-bond donors (Lipinski definition) is 0. The zero-order valence-electron chi connectivity index (χ0n) is 45.8. The average Bonchev–Trinajstić information content (AvgIpc) is 3.32. The Balaban J connectivity index is 0.0000163. The summed E-state index contributed by atoms with van der Waals surface area (Å²) in [5.41, 5.74) is -2.76. The summed E-state index contributed by atoms with van der Waals surface area (Å²) < 4.78 is 23.8. The van der Waals surface area contributed by atoms with Gasteiger partial charge in [0, 0.05) is 1.43 Å². The first-order chi connectivity index (χ1) is 32.7. The summed E-state index contributed by atoms with van der Waals surface area (Å²) >= 11 is 0. The van der Waals surface area contributed by atoms with Gasteiger partial charge in [-0.15, -0.1) is 0 Å². The van der Waals surface area contributed by atoms with Gasteiger partial charge in [0.25, 0.3) is 0 Å². The molecule has 0 aromatic heterocycles. The Kier molecular flexibility index (Phi) is 29.7. The molecule has 4 aliphatic rings. The van der Waals surface area contributed by atoms with Crippen LogP contribution in [0.1, 0.15) is 287 Å². The standard InChI is InChI=1S/C60H108O8.H2/c1-9-12-14-16-18-20-22-23-24-25-26-27-29-30-32-34-40-66-54(61)50(11-3)47-60(7,56(63)67-41-35-33-31-28-21-19-17-15-13-10-2)39-38-59(6,37-36-58(4,5)55(62)65-8)57(64)68-53-51-43-48-42-49(45-51)46-52(53)44-48;/h48-53H,9-47H2,1-8H3;1H. The minimum atomic E-state index is -1.02. The fourth-order valence-electron chi connectivity index (χ4n) is 12.3. The number of unbranched alkanes of at least 4 members (excludes halogenated alkanes) is 24. The van der Waals surface area contributed by atoms with Gasteiger partial charge in [-0.05, 0) is 135 Å². The van der Waals surface area contributed by atoms with E-state index in [2.05, 4.69) is 13.8 Å². The van der Waals surface area contributed by atoms with Gasteiger partial charge in [-0.3, -0.25) is 19.2 Å². The third kappa shape index (κ3) is 22.1. The first kappa shape index (κ1) is 60.2. The predicted molar refractivity (Wildman–Crippen MR) is 281 cm³/mol. The molecule has 0 aromatic rings. The van der Waals surface area contributed by atoms with Crippen LogP contribution in [0.25, 0.3) is 0 Å². The molecule has 0 N–H and O–H groups in total. The molecule has 0 aliphatic heterocycles. The van der Waals surface area contributed by atoms with Crippen LogP contribution in [0.3, 0.4) is 0 Å². The average molecular weight is 960 g/mol. The summed E-state index contributed by atoms with van der Waals surface area (Å²) in [5.74, 6) is 0.837. The lowest BCUT2D eigenvalue weighted by Gasteiger charge is -2.54. The van der Waals surface area contributed by atoms with Crippen molar-refractivity contribution in [3.63, 3.8) is 0 Å². The summed E-state index contributed by atoms with van der Waals surface area (Å²) in [6.45, 7) is 14.9. The van der Waals surface area contributed by atoms with Crippen molar-refractivity contribution in [1.82, 2.24) is 0 Å². The Labute approximate surface area is 420 Å². The quantitative estimate of drug-likeness (QED) is 0.0338. The molecule has 8 nitrogen and oxygen atoms in total. The van der Waals surface area contributed by atoms with Gasteiger partial charge in [0.05, 0.1) is 42.5 Å². The molecular weight excluding hydrogens is 849 g/mol. The lowest BCUT2D eigenvalue weighted by Crippen LogP contribution is -2.51. The van der Waals surface area contributed by atoms with Crippen molar-refractivity contribution in [2.45, 2.75) is 292 Å². The summed E-state index contributed by atoms with van der Waals surface area (Å²) in [6, 6.07) is 0. The van der Waals surface area contributed by atoms with Crippen molar-refractivity contribution in [3.8, 4) is 0 Å². The number of esters is 4. The van der Waals surface area contributed by atoms with Gasteiger partial charge >= 0.3 is 23.9 Å². The predicted octanol–water partition coefficient (Wildman–Crippen LogP) is 17.1. The fourth-order valence-corrected chi connectivity index (χ4v) is 12.3. The number of methoxy groups -OCH3 is 1. The minimum absolute atomic E-state index is 0. The van der Waals surface area contributed by atoms with E-state index in [-0.39, 0.29) is 31.4 Å². The Morgan fingerprint density at radius 3 is 1.26 bits per heavy atom. The molecule has 4 bridgehead atoms. The van der Waals surface area contributed by atoms with Crippen molar-refractivity contribution < 1.29 is 39.6 Å². The lowest BCUT2D eigenvalue weighted by atomic mass is 9.55. The van der Waals surface area contributed by atoms with Crippen LogP contribution < -0.4 is 0 Å². The third-order valence-corrected chi connectivity index (χ3v) is 17.1. The van der Waals surface area contributed by atoms with Crippen LogP contribution in [-0.4, -0.2) is 50.3 Å². The summed E-state index contributed by atoms with van der Waals surface area (Å²) in [4.78, 5) is 55.7. The number of carbonyl (C=O) groups excluding carboxylic acids is 4. The van der Waals surface area contributed by atoms with E-state index in [0.717, 1.165) is 76.0 Å². The molecule has 4 aliphatic carbocycles. The van der Waals surface area contributed by atoms with Crippen molar-refractivity contribution >= 4 is 23.9 Å². The summed E-state index contributed by atoms with van der Waals surface area (Å²) in [5, 5.41) is 0. The van der Waals surface area contributed by atoms with Crippen molar-refractivity contribution in [2.75, 3.05) is 20.3 Å². The Morgan fingerprint density at radius 2 is 0.853 bits per heavy atom. The number of hydrogen-bond acceptors (Lipinski definition) is 8. The van der Waals surface area contributed by atoms with Crippen LogP contribution in [0.5, 0.6) is 0 Å². The Hall–Kier alpha value is -2.12. The normalized spacial score (nSPS) is 22.0. The van der Waals surface area contributed by atoms with E-state index >= 15 is 0 Å². The van der Waals surface area contributed by atoms with Crippen LogP contribution in [0.15, 0.2) is 0 Å². The smallest absolute Gasteiger partial charge is 0.312 e. The van der Waals surface area contributed by atoms with Crippen LogP contribution >= 0.6 is 0 Å². The first-order valence-electron chi connectivity index (χ1n) is 29.3. The number of ether oxygens (including phenoxy) is 4. The van der Waals surface area contributed by atoms with Gasteiger partial charge in [-0.2, -0.15) is 0 Å². The minimum Gasteiger partial charge on any atom is -0.469 e. The van der Waals surface area contributed by atoms with Crippen LogP contribution in [0.2, 0.25) is 0 Å². The second kappa shape index (κ2) is 33.5. The molecule has 4 saturated carbocycles. The van der Waals surface area contributed by atoms with E-state index in [4.69, 9.17) is 18.9 Å². The second-order valence-electron chi connectivity index (χ2n) is 23.9. The van der Waals surface area contributed by atoms with E-state index in [1.165, 1.54) is 142 Å². The lowest BCUT2D eigenvalue weighted by molar-refractivity contribution is -0.184. The molecule has 3 unspecified atom stereocenters. The highest BCUT2D eigenvalue weighted by Gasteiger charge is 2.52. The molecule has 4 fully saturated rings. The third-order valence-electron chi connectivity index (χ3n) is 17.1. The maximum absolute atomic E-state index is 14.7. The molecule has 68 heavy (non-hydrogen) atoms. The van der Waals surface area contributed by atoms with Gasteiger partial charge < -0.3 is 18.9 Å². The fraction of sp³-hybridized carbons (Fsp3) is 0.933. The molecule has 0 amide bonds. The molecule has 4 rings (SSSR count). The molecule has 0 saturated heterocycles. The van der Waals surface area contributed by atoms with Gasteiger partial charge in [0.2, 0.25) is 0 Å². The first-order valence-corrected chi connectivity index (χ1v) is 29.3. The molecule has 8 heteroatoms. The van der Waals surface area contributed by atoms with E-state index in [1.54, 1.807) is 0 Å². The Morgan fingerprint density at radius 1 is 0.471 bits per heavy atom. The highest BCUT2D eigenvalue weighted by Crippen LogP contribution is 2.55. The highest BCUT2D eigenvalue weighted by molar-refractivity contribution is 5.80. The monoisotopic (exact) mass is 959 g/mol. The van der Waals surface area contributed by atoms with E-state index < -0.39 is 22.2 Å². The topological polar surface area (TPSA) is 105 Å². The largest absolute Gasteiger partial charge is 0.469 e. The van der Waals surface area contributed by atoms with Crippen molar-refractivity contribution in [2.24, 2.45) is 45.8 Å². The molecule has 0 heterocycles. The molecular formula is C60H110O8. The van der Waals surface area contributed by atoms with E-state index in [0.29, 0.717) is 63.6 Å². The van der Waals surface area contributed by atoms with Gasteiger partial charge in [0.15, 0.2) is 0 Å². The van der Waals surface area contributed by atoms with Gasteiger partial charge in [0.1, 0.15) is 6.10 Å². The maximum atomic E-state index is 14.7. The van der Waals surface area contributed by atoms with Crippen molar-refractivity contribution in [1.29, 1.82) is 0 Å². The van der Waals surface area contributed by atoms with Crippen molar-refractivity contribution in [3.05, 3.63) is 0 Å².